The van der Waals surface area contributed by atoms with Crippen molar-refractivity contribution in [2.75, 3.05) is 7.05 Å². The molecule has 0 aliphatic rings. The number of aryl methyl sites for hydroxylation is 2. The van der Waals surface area contributed by atoms with Crippen molar-refractivity contribution < 1.29 is 4.39 Å². The smallest absolute Gasteiger partial charge is 0.123 e. The van der Waals surface area contributed by atoms with Crippen LogP contribution < -0.4 is 5.32 Å². The molecule has 0 saturated heterocycles. The van der Waals surface area contributed by atoms with Gasteiger partial charge in [0.2, 0.25) is 0 Å². The van der Waals surface area contributed by atoms with Gasteiger partial charge in [0, 0.05) is 24.3 Å². The van der Waals surface area contributed by atoms with Crippen LogP contribution in [0.2, 0.25) is 0 Å². The van der Waals surface area contributed by atoms with Crippen molar-refractivity contribution in [1.82, 2.24) is 15.1 Å². The van der Waals surface area contributed by atoms with Gasteiger partial charge in [0.15, 0.2) is 0 Å². The molecule has 102 valence electrons. The molecule has 4 heteroatoms. The Bertz CT molecular complexity index is 575. The molecular formula is C15H20FN3. The van der Waals surface area contributed by atoms with E-state index < -0.39 is 0 Å². The van der Waals surface area contributed by atoms with Crippen LogP contribution in [0.15, 0.2) is 24.4 Å². The molecule has 1 aromatic carbocycles. The number of nitrogens with zero attached hydrogens (tertiary/aromatic N) is 2. The van der Waals surface area contributed by atoms with Crippen molar-refractivity contribution in [2.45, 2.75) is 26.3 Å². The second kappa shape index (κ2) is 5.53. The van der Waals surface area contributed by atoms with E-state index in [1.165, 1.54) is 6.07 Å². The number of likely N-dealkylation sites (N-methyl/N-ethyl adjacent to an activating group) is 1. The fourth-order valence-corrected chi connectivity index (χ4v) is 2.31. The lowest BCUT2D eigenvalue weighted by Gasteiger charge is -2.17. The minimum absolute atomic E-state index is 0.147. The Kier molecular flexibility index (Phi) is 4.00. The number of aromatic nitrogens is 2. The predicted molar refractivity (Wildman–Crippen MR) is 74.6 cm³/mol. The quantitative estimate of drug-likeness (QED) is 0.917. The van der Waals surface area contributed by atoms with Crippen LogP contribution in [0.3, 0.4) is 0 Å². The molecule has 1 aromatic heterocycles. The zero-order chi connectivity index (χ0) is 14.0. The average molecular weight is 261 g/mol. The summed E-state index contributed by atoms with van der Waals surface area (Å²) in [5.74, 6) is -0.182. The Balaban J connectivity index is 2.29. The highest BCUT2D eigenvalue weighted by molar-refractivity contribution is 5.30. The summed E-state index contributed by atoms with van der Waals surface area (Å²) in [6.45, 7) is 4.06. The summed E-state index contributed by atoms with van der Waals surface area (Å²) in [5, 5.41) is 7.56. The van der Waals surface area contributed by atoms with Gasteiger partial charge in [0.05, 0.1) is 6.20 Å². The molecule has 2 rings (SSSR count). The lowest BCUT2D eigenvalue weighted by molar-refractivity contribution is 0.578. The Morgan fingerprint density at radius 2 is 2.11 bits per heavy atom. The first kappa shape index (κ1) is 13.7. The molecule has 0 amide bonds. The van der Waals surface area contributed by atoms with E-state index in [2.05, 4.69) is 10.4 Å². The Hall–Kier alpha value is -1.68. The van der Waals surface area contributed by atoms with E-state index in [9.17, 15) is 4.39 Å². The van der Waals surface area contributed by atoms with E-state index in [-0.39, 0.29) is 11.9 Å². The fraction of sp³-hybridized carbons (Fsp3) is 0.400. The average Bonchev–Trinajstić information content (AvgIpc) is 2.71. The van der Waals surface area contributed by atoms with Gasteiger partial charge in [-0.15, -0.1) is 0 Å². The topological polar surface area (TPSA) is 29.9 Å². The third kappa shape index (κ3) is 2.84. The first-order valence-electron chi connectivity index (χ1n) is 6.43. The van der Waals surface area contributed by atoms with Gasteiger partial charge in [-0.1, -0.05) is 6.07 Å². The molecule has 1 unspecified atom stereocenters. The van der Waals surface area contributed by atoms with Crippen molar-refractivity contribution in [3.8, 4) is 0 Å². The molecule has 1 atom stereocenters. The minimum atomic E-state index is -0.182. The van der Waals surface area contributed by atoms with Crippen LogP contribution in [0.1, 0.15) is 28.4 Å². The molecule has 1 N–H and O–H groups in total. The Morgan fingerprint density at radius 3 is 2.68 bits per heavy atom. The second-order valence-corrected chi connectivity index (χ2v) is 4.93. The first-order valence-corrected chi connectivity index (χ1v) is 6.43. The first-order chi connectivity index (χ1) is 9.02. The van der Waals surface area contributed by atoms with Crippen LogP contribution in [-0.4, -0.2) is 16.8 Å². The van der Waals surface area contributed by atoms with Crippen LogP contribution in [0.4, 0.5) is 4.39 Å². The number of hydrogen-bond acceptors (Lipinski definition) is 2. The van der Waals surface area contributed by atoms with Gasteiger partial charge >= 0.3 is 0 Å². The largest absolute Gasteiger partial charge is 0.313 e. The van der Waals surface area contributed by atoms with E-state index >= 15 is 0 Å². The zero-order valence-corrected chi connectivity index (χ0v) is 11.9. The predicted octanol–water partition coefficient (Wildman–Crippen LogP) is 2.68. The second-order valence-electron chi connectivity index (χ2n) is 4.93. The molecule has 0 radical (unpaired) electrons. The van der Waals surface area contributed by atoms with Crippen LogP contribution in [0, 0.1) is 19.7 Å². The lowest BCUT2D eigenvalue weighted by Crippen LogP contribution is -2.20. The van der Waals surface area contributed by atoms with Crippen LogP contribution in [0.25, 0.3) is 0 Å². The maximum Gasteiger partial charge on any atom is 0.123 e. The molecule has 0 aliphatic heterocycles. The molecular weight excluding hydrogens is 241 g/mol. The molecule has 1 heterocycles. The molecule has 0 bridgehead atoms. The summed E-state index contributed by atoms with van der Waals surface area (Å²) in [7, 11) is 3.85. The normalized spacial score (nSPS) is 12.7. The Labute approximate surface area is 113 Å². The zero-order valence-electron chi connectivity index (χ0n) is 11.9. The molecule has 2 aromatic rings. The van der Waals surface area contributed by atoms with Crippen LogP contribution >= 0.6 is 0 Å². The van der Waals surface area contributed by atoms with Crippen molar-refractivity contribution in [3.05, 3.63) is 52.6 Å². The van der Waals surface area contributed by atoms with E-state index in [4.69, 9.17) is 0 Å². The maximum absolute atomic E-state index is 13.4. The van der Waals surface area contributed by atoms with Crippen LogP contribution in [0.5, 0.6) is 0 Å². The third-order valence-electron chi connectivity index (χ3n) is 3.73. The standard InChI is InChI=1S/C15H20FN3/c1-10-5-6-13(16)7-12(10)8-15(17-3)14-9-18-19(4)11(14)2/h5-7,9,15,17H,8H2,1-4H3. The Morgan fingerprint density at radius 1 is 1.37 bits per heavy atom. The van der Waals surface area contributed by atoms with Gasteiger partial charge < -0.3 is 5.32 Å². The van der Waals surface area contributed by atoms with E-state index in [1.807, 2.05) is 44.9 Å². The summed E-state index contributed by atoms with van der Waals surface area (Å²) in [6, 6.07) is 5.09. The highest BCUT2D eigenvalue weighted by atomic mass is 19.1. The van der Waals surface area contributed by atoms with Gasteiger partial charge in [0.25, 0.3) is 0 Å². The van der Waals surface area contributed by atoms with E-state index in [0.29, 0.717) is 0 Å². The number of rotatable bonds is 4. The lowest BCUT2D eigenvalue weighted by atomic mass is 9.96. The monoisotopic (exact) mass is 261 g/mol. The molecule has 3 nitrogen and oxygen atoms in total. The molecule has 0 aliphatic carbocycles. The number of hydrogen-bond donors (Lipinski definition) is 1. The molecule has 19 heavy (non-hydrogen) atoms. The third-order valence-corrected chi connectivity index (χ3v) is 3.73. The molecule has 0 fully saturated rings. The summed E-state index contributed by atoms with van der Waals surface area (Å²) in [4.78, 5) is 0. The highest BCUT2D eigenvalue weighted by Gasteiger charge is 2.16. The number of halogens is 1. The number of nitrogens with one attached hydrogen (secondary N) is 1. The van der Waals surface area contributed by atoms with Crippen molar-refractivity contribution in [2.24, 2.45) is 7.05 Å². The van der Waals surface area contributed by atoms with Gasteiger partial charge in [0.1, 0.15) is 5.82 Å². The molecule has 0 saturated carbocycles. The summed E-state index contributed by atoms with van der Waals surface area (Å²) < 4.78 is 15.2. The van der Waals surface area contributed by atoms with Gasteiger partial charge in [-0.05, 0) is 50.6 Å². The van der Waals surface area contributed by atoms with Crippen LogP contribution in [-0.2, 0) is 13.5 Å². The van der Waals surface area contributed by atoms with Crippen molar-refractivity contribution in [1.29, 1.82) is 0 Å². The summed E-state index contributed by atoms with van der Waals surface area (Å²) >= 11 is 0. The summed E-state index contributed by atoms with van der Waals surface area (Å²) in [5.41, 5.74) is 4.44. The highest BCUT2D eigenvalue weighted by Crippen LogP contribution is 2.23. The van der Waals surface area contributed by atoms with Gasteiger partial charge in [-0.3, -0.25) is 4.68 Å². The van der Waals surface area contributed by atoms with E-state index in [0.717, 1.165) is 28.8 Å². The van der Waals surface area contributed by atoms with E-state index in [1.54, 1.807) is 6.07 Å². The fourth-order valence-electron chi connectivity index (χ4n) is 2.31. The summed E-state index contributed by atoms with van der Waals surface area (Å²) in [6.07, 6.45) is 2.64. The van der Waals surface area contributed by atoms with Crippen molar-refractivity contribution >= 4 is 0 Å². The minimum Gasteiger partial charge on any atom is -0.313 e. The molecule has 0 spiro atoms. The SMILES string of the molecule is CNC(Cc1cc(F)ccc1C)c1cnn(C)c1C. The maximum atomic E-state index is 13.4. The van der Waals surface area contributed by atoms with Gasteiger partial charge in [-0.2, -0.15) is 5.10 Å². The van der Waals surface area contributed by atoms with Crippen molar-refractivity contribution in [3.63, 3.8) is 0 Å². The number of benzene rings is 1. The van der Waals surface area contributed by atoms with Gasteiger partial charge in [-0.25, -0.2) is 4.39 Å².